The van der Waals surface area contributed by atoms with Gasteiger partial charge >= 0.3 is 0 Å². The Morgan fingerprint density at radius 3 is 2.22 bits per heavy atom. The second-order valence-electron chi connectivity index (χ2n) is 7.13. The van der Waals surface area contributed by atoms with Crippen molar-refractivity contribution in [2.24, 2.45) is 11.7 Å². The van der Waals surface area contributed by atoms with Crippen molar-refractivity contribution < 1.29 is 4.43 Å². The topological polar surface area (TPSA) is 38.5 Å². The summed E-state index contributed by atoms with van der Waals surface area (Å²) >= 11 is 0. The molecule has 0 atom stereocenters. The first-order valence-corrected chi connectivity index (χ1v) is 10.2. The molecule has 0 spiro atoms. The van der Waals surface area contributed by atoms with E-state index in [1.165, 1.54) is 25.9 Å². The summed E-state index contributed by atoms with van der Waals surface area (Å²) in [5.41, 5.74) is 5.72. The molecule has 1 aliphatic heterocycles. The third-order valence-corrected chi connectivity index (χ3v) is 9.26. The zero-order valence-electron chi connectivity index (χ0n) is 13.0. The number of hydrogen-bond acceptors (Lipinski definition) is 3. The third-order valence-electron chi connectivity index (χ3n) is 4.72. The van der Waals surface area contributed by atoms with Gasteiger partial charge in [-0.3, -0.25) is 0 Å². The highest BCUT2D eigenvalue weighted by Gasteiger charge is 2.37. The molecular weight excluding hydrogens is 240 g/mol. The van der Waals surface area contributed by atoms with Crippen LogP contribution in [0, 0.1) is 5.92 Å². The molecule has 1 fully saturated rings. The van der Waals surface area contributed by atoms with E-state index in [4.69, 9.17) is 10.2 Å². The first kappa shape index (κ1) is 16.2. The lowest BCUT2D eigenvalue weighted by Crippen LogP contribution is -2.44. The zero-order valence-corrected chi connectivity index (χ0v) is 14.0. The van der Waals surface area contributed by atoms with Gasteiger partial charge in [-0.2, -0.15) is 0 Å². The van der Waals surface area contributed by atoms with Crippen LogP contribution in [0.5, 0.6) is 0 Å². The van der Waals surface area contributed by atoms with Crippen molar-refractivity contribution in [1.29, 1.82) is 0 Å². The summed E-state index contributed by atoms with van der Waals surface area (Å²) in [6, 6.07) is 0. The number of rotatable bonds is 5. The summed E-state index contributed by atoms with van der Waals surface area (Å²) in [5.74, 6) is 0.752. The van der Waals surface area contributed by atoms with Crippen molar-refractivity contribution in [2.45, 2.75) is 51.7 Å². The molecule has 108 valence electrons. The molecule has 0 saturated carbocycles. The summed E-state index contributed by atoms with van der Waals surface area (Å²) < 4.78 is 6.22. The van der Waals surface area contributed by atoms with Gasteiger partial charge in [-0.1, -0.05) is 20.8 Å². The number of piperidine rings is 1. The van der Waals surface area contributed by atoms with Crippen LogP contribution in [0.2, 0.25) is 18.1 Å². The third kappa shape index (κ3) is 4.65. The normalized spacial score (nSPS) is 20.3. The Morgan fingerprint density at radius 1 is 1.22 bits per heavy atom. The van der Waals surface area contributed by atoms with E-state index in [0.717, 1.165) is 25.6 Å². The van der Waals surface area contributed by atoms with Crippen LogP contribution in [0.1, 0.15) is 33.6 Å². The molecule has 0 aliphatic carbocycles. The Morgan fingerprint density at radius 2 is 1.78 bits per heavy atom. The SMILES string of the molecule is CC(C)(C)[Si](C)(C)OCCN1CCC(CN)CC1. The lowest BCUT2D eigenvalue weighted by molar-refractivity contribution is 0.152. The Labute approximate surface area is 114 Å². The van der Waals surface area contributed by atoms with Crippen molar-refractivity contribution in [1.82, 2.24) is 4.90 Å². The van der Waals surface area contributed by atoms with Crippen molar-refractivity contribution in [2.75, 3.05) is 32.8 Å². The van der Waals surface area contributed by atoms with Gasteiger partial charge in [-0.25, -0.2) is 0 Å². The van der Waals surface area contributed by atoms with Crippen molar-refractivity contribution >= 4 is 8.32 Å². The van der Waals surface area contributed by atoms with Gasteiger partial charge < -0.3 is 15.1 Å². The maximum absolute atomic E-state index is 6.22. The van der Waals surface area contributed by atoms with Crippen LogP contribution in [0.4, 0.5) is 0 Å². The van der Waals surface area contributed by atoms with Crippen LogP contribution < -0.4 is 5.73 Å². The molecule has 4 heteroatoms. The lowest BCUT2D eigenvalue weighted by Gasteiger charge is -2.37. The highest BCUT2D eigenvalue weighted by atomic mass is 28.4. The molecule has 1 saturated heterocycles. The smallest absolute Gasteiger partial charge is 0.192 e. The fraction of sp³-hybridized carbons (Fsp3) is 1.00. The minimum Gasteiger partial charge on any atom is -0.416 e. The second-order valence-corrected chi connectivity index (χ2v) is 11.9. The summed E-state index contributed by atoms with van der Waals surface area (Å²) in [7, 11) is -1.56. The fourth-order valence-electron chi connectivity index (χ4n) is 2.09. The van der Waals surface area contributed by atoms with E-state index in [0.29, 0.717) is 5.04 Å². The molecule has 0 aromatic heterocycles. The molecule has 0 unspecified atom stereocenters. The van der Waals surface area contributed by atoms with E-state index < -0.39 is 8.32 Å². The molecule has 0 bridgehead atoms. The molecule has 3 nitrogen and oxygen atoms in total. The van der Waals surface area contributed by atoms with E-state index in [1.54, 1.807) is 0 Å². The minimum atomic E-state index is -1.56. The Balaban J connectivity index is 2.23. The van der Waals surface area contributed by atoms with Crippen LogP contribution in [0.3, 0.4) is 0 Å². The van der Waals surface area contributed by atoms with Gasteiger partial charge in [-0.15, -0.1) is 0 Å². The van der Waals surface area contributed by atoms with Gasteiger partial charge in [0, 0.05) is 13.2 Å². The van der Waals surface area contributed by atoms with Crippen LogP contribution in [-0.4, -0.2) is 46.0 Å². The largest absolute Gasteiger partial charge is 0.416 e. The Bertz CT molecular complexity index is 243. The summed E-state index contributed by atoms with van der Waals surface area (Å²) in [6.45, 7) is 16.8. The molecule has 0 aromatic rings. The number of likely N-dealkylation sites (tertiary alicyclic amines) is 1. The summed E-state index contributed by atoms with van der Waals surface area (Å²) in [4.78, 5) is 2.53. The summed E-state index contributed by atoms with van der Waals surface area (Å²) in [5, 5.41) is 0.319. The number of nitrogens with zero attached hydrogens (tertiary/aromatic N) is 1. The van der Waals surface area contributed by atoms with Crippen LogP contribution in [-0.2, 0) is 4.43 Å². The molecule has 1 aliphatic rings. The van der Waals surface area contributed by atoms with Crippen LogP contribution in [0.25, 0.3) is 0 Å². The highest BCUT2D eigenvalue weighted by Crippen LogP contribution is 2.36. The predicted octanol–water partition coefficient (Wildman–Crippen LogP) is 2.68. The molecule has 0 radical (unpaired) electrons. The van der Waals surface area contributed by atoms with Gasteiger partial charge in [0.25, 0.3) is 0 Å². The van der Waals surface area contributed by atoms with Crippen LogP contribution >= 0.6 is 0 Å². The average Bonchev–Trinajstić information content (AvgIpc) is 2.28. The van der Waals surface area contributed by atoms with Crippen molar-refractivity contribution in [3.05, 3.63) is 0 Å². The lowest BCUT2D eigenvalue weighted by atomic mass is 9.97. The number of hydrogen-bond donors (Lipinski definition) is 1. The van der Waals surface area contributed by atoms with E-state index >= 15 is 0 Å². The fourth-order valence-corrected chi connectivity index (χ4v) is 3.13. The average molecular weight is 273 g/mol. The predicted molar refractivity (Wildman–Crippen MR) is 81.4 cm³/mol. The van der Waals surface area contributed by atoms with Gasteiger partial charge in [0.15, 0.2) is 8.32 Å². The molecule has 18 heavy (non-hydrogen) atoms. The highest BCUT2D eigenvalue weighted by molar-refractivity contribution is 6.74. The van der Waals surface area contributed by atoms with E-state index in [2.05, 4.69) is 38.8 Å². The maximum atomic E-state index is 6.22. The number of nitrogens with two attached hydrogens (primary N) is 1. The second kappa shape index (κ2) is 6.50. The Kier molecular flexibility index (Phi) is 5.84. The van der Waals surface area contributed by atoms with Gasteiger partial charge in [-0.05, 0) is 56.5 Å². The first-order chi connectivity index (χ1) is 8.26. The maximum Gasteiger partial charge on any atom is 0.192 e. The molecule has 2 N–H and O–H groups in total. The van der Waals surface area contributed by atoms with E-state index in [9.17, 15) is 0 Å². The standard InChI is InChI=1S/C14H32N2OSi/c1-14(2,3)18(4,5)17-11-10-16-8-6-13(12-15)7-9-16/h13H,6-12,15H2,1-5H3. The molecular formula is C14H32N2OSi. The first-order valence-electron chi connectivity index (χ1n) is 7.32. The minimum absolute atomic E-state index is 0.319. The van der Waals surface area contributed by atoms with Crippen LogP contribution in [0.15, 0.2) is 0 Å². The quantitative estimate of drug-likeness (QED) is 0.782. The van der Waals surface area contributed by atoms with Gasteiger partial charge in [0.2, 0.25) is 0 Å². The monoisotopic (exact) mass is 272 g/mol. The van der Waals surface area contributed by atoms with E-state index in [1.807, 2.05) is 0 Å². The van der Waals surface area contributed by atoms with Gasteiger partial charge in [0.1, 0.15) is 0 Å². The Hall–Kier alpha value is 0.0969. The molecule has 0 aromatic carbocycles. The van der Waals surface area contributed by atoms with Gasteiger partial charge in [0.05, 0.1) is 0 Å². The zero-order chi connectivity index (χ0) is 13.8. The summed E-state index contributed by atoms with van der Waals surface area (Å²) in [6.07, 6.45) is 2.52. The van der Waals surface area contributed by atoms with Crippen molar-refractivity contribution in [3.8, 4) is 0 Å². The molecule has 0 amide bonds. The molecule has 1 heterocycles. The van der Waals surface area contributed by atoms with E-state index in [-0.39, 0.29) is 0 Å². The van der Waals surface area contributed by atoms with Crippen molar-refractivity contribution in [3.63, 3.8) is 0 Å². The molecule has 1 rings (SSSR count).